The van der Waals surface area contributed by atoms with E-state index in [9.17, 15) is 0 Å². The molecule has 17 rings (SSSR count). The van der Waals surface area contributed by atoms with E-state index in [2.05, 4.69) is 286 Å². The largest absolute Gasteiger partial charge is 0.310 e. The van der Waals surface area contributed by atoms with Crippen molar-refractivity contribution in [3.8, 4) is 22.5 Å². The zero-order valence-corrected chi connectivity index (χ0v) is 55.5. The van der Waals surface area contributed by atoms with Crippen LogP contribution in [0.15, 0.2) is 127 Å². The topological polar surface area (TPSA) is 14.3 Å². The van der Waals surface area contributed by atoms with E-state index in [1.807, 2.05) is 0 Å². The highest BCUT2D eigenvalue weighted by Gasteiger charge is 2.55. The summed E-state index contributed by atoms with van der Waals surface area (Å²) in [5.74, 6) is 0. The summed E-state index contributed by atoms with van der Waals surface area (Å²) in [5, 5.41) is 10.9. The predicted octanol–water partition coefficient (Wildman–Crippen LogP) is 19.9. The summed E-state index contributed by atoms with van der Waals surface area (Å²) in [4.78, 5) is 0. The van der Waals surface area contributed by atoms with Gasteiger partial charge in [-0.1, -0.05) is 212 Å². The van der Waals surface area contributed by atoms with Crippen LogP contribution in [0.4, 0.5) is 0 Å². The molecule has 7 heterocycles. The molecule has 0 atom stereocenters. The third-order valence-corrected chi connectivity index (χ3v) is 22.0. The fourth-order valence-corrected chi connectivity index (χ4v) is 17.1. The van der Waals surface area contributed by atoms with E-state index < -0.39 is 5.41 Å². The molecule has 3 aliphatic heterocycles. The second-order valence-electron chi connectivity index (χ2n) is 34.7. The van der Waals surface area contributed by atoms with E-state index in [1.165, 1.54) is 182 Å². The van der Waals surface area contributed by atoms with E-state index in [4.69, 9.17) is 0 Å². The number of aromatic nitrogens is 3. The molecule has 0 N–H and O–H groups in total. The first kappa shape index (κ1) is 53.7. The van der Waals surface area contributed by atoms with Crippen LogP contribution in [0.1, 0.15) is 207 Å². The first-order chi connectivity index (χ1) is 40.6. The van der Waals surface area contributed by atoms with Crippen molar-refractivity contribution in [2.24, 2.45) is 0 Å². The first-order valence-electron chi connectivity index (χ1n) is 32.5. The summed E-state index contributed by atoms with van der Waals surface area (Å²) in [6.07, 6.45) is 0. The minimum Gasteiger partial charge on any atom is -0.310 e. The minimum absolute atomic E-state index is 0.000999. The van der Waals surface area contributed by atoms with Gasteiger partial charge in [0.25, 0.3) is 6.71 Å². The normalized spacial score (nSPS) is 15.5. The van der Waals surface area contributed by atoms with Crippen LogP contribution >= 0.6 is 0 Å². The lowest BCUT2D eigenvalue weighted by Crippen LogP contribution is -2.60. The van der Waals surface area contributed by atoms with Gasteiger partial charge in [-0.2, -0.15) is 0 Å². The van der Waals surface area contributed by atoms with Gasteiger partial charge in [-0.15, -0.1) is 0 Å². The Morgan fingerprint density at radius 2 is 0.736 bits per heavy atom. The lowest BCUT2D eigenvalue weighted by Gasteiger charge is -2.45. The molecule has 0 unspecified atom stereocenters. The third kappa shape index (κ3) is 6.61. The molecule has 4 aliphatic rings. The Morgan fingerprint density at radius 1 is 0.299 bits per heavy atom. The maximum Gasteiger partial charge on any atom is 0.252 e. The first-order valence-corrected chi connectivity index (χ1v) is 32.5. The van der Waals surface area contributed by atoms with Crippen molar-refractivity contribution >= 4 is 105 Å². The Morgan fingerprint density at radius 3 is 1.30 bits per heavy atom. The third-order valence-electron chi connectivity index (χ3n) is 22.0. The molecule has 13 aromatic rings. The van der Waals surface area contributed by atoms with Crippen LogP contribution < -0.4 is 16.4 Å². The van der Waals surface area contributed by atoms with Gasteiger partial charge in [0, 0.05) is 60.0 Å². The Balaban J connectivity index is 1.14. The summed E-state index contributed by atoms with van der Waals surface area (Å²) in [7, 11) is 0. The number of fused-ring (bicyclic) bond motifs is 21. The van der Waals surface area contributed by atoms with Crippen molar-refractivity contribution in [2.45, 2.75) is 189 Å². The average Bonchev–Trinajstić information content (AvgIpc) is 1.53. The Hall–Kier alpha value is -7.56. The maximum atomic E-state index is 2.83. The summed E-state index contributed by atoms with van der Waals surface area (Å²) >= 11 is 0. The van der Waals surface area contributed by atoms with Gasteiger partial charge in [0.1, 0.15) is 0 Å². The number of nitrogens with zero attached hydrogens (tertiary/aromatic N) is 3. The fourth-order valence-electron chi connectivity index (χ4n) is 17.1. The van der Waals surface area contributed by atoms with Gasteiger partial charge < -0.3 is 13.5 Å². The lowest BCUT2D eigenvalue weighted by molar-refractivity contribution is 0.583. The quantitative estimate of drug-likeness (QED) is 0.134. The van der Waals surface area contributed by atoms with Crippen LogP contribution in [0, 0.1) is 0 Å². The molecule has 434 valence electrons. The van der Waals surface area contributed by atoms with Crippen molar-refractivity contribution in [2.75, 3.05) is 0 Å². The van der Waals surface area contributed by atoms with Gasteiger partial charge in [0.2, 0.25) is 0 Å². The Labute approximate surface area is 515 Å². The van der Waals surface area contributed by atoms with Crippen molar-refractivity contribution in [1.82, 2.24) is 13.5 Å². The van der Waals surface area contributed by atoms with Gasteiger partial charge in [-0.3, -0.25) is 0 Å². The van der Waals surface area contributed by atoms with Crippen molar-refractivity contribution in [3.05, 3.63) is 189 Å². The van der Waals surface area contributed by atoms with Crippen LogP contribution in [0.25, 0.3) is 104 Å². The highest BCUT2D eigenvalue weighted by molar-refractivity contribution is 7.00. The molecular weight excluding hydrogens is 1050 g/mol. The highest BCUT2D eigenvalue weighted by atomic mass is 15.1. The molecule has 0 saturated heterocycles. The van der Waals surface area contributed by atoms with Crippen LogP contribution in [0.3, 0.4) is 0 Å². The number of rotatable bonds is 0. The molecule has 0 saturated carbocycles. The van der Waals surface area contributed by atoms with E-state index in [0.29, 0.717) is 0 Å². The molecule has 1 aliphatic carbocycles. The van der Waals surface area contributed by atoms with Gasteiger partial charge in [-0.05, 0) is 187 Å². The Bertz CT molecular complexity index is 5290. The molecule has 0 radical (unpaired) electrons. The monoisotopic (exact) mass is 1130 g/mol. The SMILES string of the molecule is CC(C)(C)c1ccc2c(c1)C1(c3cc(C(C)(C)C)ccc3-2)c2ccc3c4c2-n2c5c(cc(C(C)(C)C)cc5c5cc(C(C)(C)C)cc1c52)B4c1cc2c(c4cc(C(C)(C)C)cc5c6cc(C(C)(C)C)ccc6n2c54)c2c4cc(C(C)(C)C)ccc4n-3c12. The lowest BCUT2D eigenvalue weighted by atomic mass is 9.33. The van der Waals surface area contributed by atoms with Gasteiger partial charge in [0.15, 0.2) is 0 Å². The van der Waals surface area contributed by atoms with E-state index in [0.717, 1.165) is 0 Å². The number of hydrogen-bond acceptors (Lipinski definition) is 0. The summed E-state index contributed by atoms with van der Waals surface area (Å²) in [6, 6.07) is 53.8. The second-order valence-corrected chi connectivity index (χ2v) is 34.7. The molecule has 87 heavy (non-hydrogen) atoms. The predicted molar refractivity (Wildman–Crippen MR) is 376 cm³/mol. The number of hydrogen-bond donors (Lipinski definition) is 0. The Kier molecular flexibility index (Phi) is 9.76. The zero-order chi connectivity index (χ0) is 61.2. The molecule has 3 nitrogen and oxygen atoms in total. The highest BCUT2D eigenvalue weighted by Crippen LogP contribution is 2.63. The summed E-state index contributed by atoms with van der Waals surface area (Å²) in [6.45, 7) is 50.3. The molecule has 0 amide bonds. The van der Waals surface area contributed by atoms with Crippen molar-refractivity contribution in [3.63, 3.8) is 0 Å². The molecule has 9 aromatic carbocycles. The van der Waals surface area contributed by atoms with Crippen molar-refractivity contribution < 1.29 is 0 Å². The average molecular weight is 1130 g/mol. The van der Waals surface area contributed by atoms with Crippen molar-refractivity contribution in [1.29, 1.82) is 0 Å². The number of benzene rings is 9. The summed E-state index contributed by atoms with van der Waals surface area (Å²) in [5.41, 5.74) is 33.0. The standard InChI is InChI=1S/C83H84BN3/c1-76(2,3)43-24-29-64-52(32-43)53-34-47(80(13,14)15)37-57-68-67(86(64)71(53)57)42-63-75-69(68)56-33-44(77(4,5)6)25-30-65(56)85(75)66-31-28-58-74-70(66)84(63)62-41-49(82(19,20)21)36-55-54-35-48(81(16,17)18)40-61(72(54)87(74)73(55)62)83(58)59-38-45(78(7,8)9)22-26-50(59)51-27-23-46(39-60(51)83)79(10,11)12/h22-42H,1-21H3. The fraction of sp³-hybridized carbons (Fsp3) is 0.349. The molecule has 0 fully saturated rings. The van der Waals surface area contributed by atoms with E-state index in [-0.39, 0.29) is 44.6 Å². The molecule has 4 heteroatoms. The maximum absolute atomic E-state index is 2.83. The molecule has 1 spiro atoms. The minimum atomic E-state index is -0.641. The van der Waals surface area contributed by atoms with E-state index in [1.54, 1.807) is 0 Å². The van der Waals surface area contributed by atoms with Crippen LogP contribution in [-0.4, -0.2) is 20.2 Å². The van der Waals surface area contributed by atoms with Crippen LogP contribution in [-0.2, 0) is 43.3 Å². The van der Waals surface area contributed by atoms with Crippen LogP contribution in [0.5, 0.6) is 0 Å². The van der Waals surface area contributed by atoms with Crippen LogP contribution in [0.2, 0.25) is 0 Å². The smallest absolute Gasteiger partial charge is 0.252 e. The van der Waals surface area contributed by atoms with Gasteiger partial charge >= 0.3 is 0 Å². The van der Waals surface area contributed by atoms with E-state index >= 15 is 0 Å². The summed E-state index contributed by atoms with van der Waals surface area (Å²) < 4.78 is 8.30. The molecular formula is C83H84BN3. The van der Waals surface area contributed by atoms with Gasteiger partial charge in [0.05, 0.1) is 38.5 Å². The molecule has 0 bridgehead atoms. The second kappa shape index (κ2) is 15.8. The zero-order valence-electron chi connectivity index (χ0n) is 55.5. The molecule has 4 aromatic heterocycles. The van der Waals surface area contributed by atoms with Gasteiger partial charge in [-0.25, -0.2) is 0 Å².